The minimum atomic E-state index is -0.175. The standard InChI is InChI=1S/C11H16N2O2/c1-9-5-3-4-6-10(9)7-15-8-11(14)13-12-2/h3-6,12H,7-8H2,1-2H3,(H,13,14). The van der Waals surface area contributed by atoms with E-state index in [1.54, 1.807) is 7.05 Å². The van der Waals surface area contributed by atoms with Gasteiger partial charge in [-0.15, -0.1) is 0 Å². The molecule has 1 rings (SSSR count). The zero-order valence-corrected chi connectivity index (χ0v) is 9.04. The summed E-state index contributed by atoms with van der Waals surface area (Å²) in [5.74, 6) is -0.175. The first-order valence-corrected chi connectivity index (χ1v) is 4.82. The van der Waals surface area contributed by atoms with Crippen molar-refractivity contribution in [3.8, 4) is 0 Å². The number of aryl methyl sites for hydroxylation is 1. The van der Waals surface area contributed by atoms with E-state index in [1.807, 2.05) is 31.2 Å². The van der Waals surface area contributed by atoms with E-state index in [9.17, 15) is 4.79 Å². The minimum Gasteiger partial charge on any atom is -0.367 e. The normalized spacial score (nSPS) is 10.0. The molecule has 0 fully saturated rings. The monoisotopic (exact) mass is 208 g/mol. The number of carbonyl (C=O) groups is 1. The van der Waals surface area contributed by atoms with Crippen molar-refractivity contribution in [2.45, 2.75) is 13.5 Å². The molecule has 1 amide bonds. The van der Waals surface area contributed by atoms with Crippen molar-refractivity contribution in [1.82, 2.24) is 10.9 Å². The van der Waals surface area contributed by atoms with E-state index in [0.717, 1.165) is 5.56 Å². The van der Waals surface area contributed by atoms with Crippen molar-refractivity contribution in [3.05, 3.63) is 35.4 Å². The highest BCUT2D eigenvalue weighted by atomic mass is 16.5. The molecule has 0 aromatic heterocycles. The van der Waals surface area contributed by atoms with Crippen molar-refractivity contribution in [1.29, 1.82) is 0 Å². The summed E-state index contributed by atoms with van der Waals surface area (Å²) in [6, 6.07) is 7.95. The molecule has 0 aliphatic rings. The van der Waals surface area contributed by atoms with Crippen molar-refractivity contribution >= 4 is 5.91 Å². The van der Waals surface area contributed by atoms with Gasteiger partial charge in [0.05, 0.1) is 6.61 Å². The fraction of sp³-hybridized carbons (Fsp3) is 0.364. The number of nitrogens with one attached hydrogen (secondary N) is 2. The van der Waals surface area contributed by atoms with Crippen LogP contribution in [-0.4, -0.2) is 19.6 Å². The van der Waals surface area contributed by atoms with E-state index in [2.05, 4.69) is 10.9 Å². The van der Waals surface area contributed by atoms with Crippen LogP contribution in [0.3, 0.4) is 0 Å². The van der Waals surface area contributed by atoms with Crippen LogP contribution < -0.4 is 10.9 Å². The number of ether oxygens (including phenoxy) is 1. The second kappa shape index (κ2) is 6.16. The zero-order chi connectivity index (χ0) is 11.1. The lowest BCUT2D eigenvalue weighted by molar-refractivity contribution is -0.126. The maximum Gasteiger partial charge on any atom is 0.260 e. The molecule has 0 saturated carbocycles. The van der Waals surface area contributed by atoms with Gasteiger partial charge in [-0.1, -0.05) is 24.3 Å². The Labute approximate surface area is 89.6 Å². The number of hydrogen-bond acceptors (Lipinski definition) is 3. The van der Waals surface area contributed by atoms with Gasteiger partial charge in [-0.05, 0) is 18.1 Å². The lowest BCUT2D eigenvalue weighted by Crippen LogP contribution is -2.36. The zero-order valence-electron chi connectivity index (χ0n) is 9.04. The summed E-state index contributed by atoms with van der Waals surface area (Å²) in [5, 5.41) is 0. The van der Waals surface area contributed by atoms with Crippen molar-refractivity contribution < 1.29 is 9.53 Å². The molecule has 0 heterocycles. The van der Waals surface area contributed by atoms with Gasteiger partial charge in [0, 0.05) is 7.05 Å². The average Bonchev–Trinajstić information content (AvgIpc) is 2.21. The molecule has 0 aliphatic heterocycles. The molecule has 0 atom stereocenters. The number of carbonyl (C=O) groups excluding carboxylic acids is 1. The number of hydrazine groups is 1. The van der Waals surface area contributed by atoms with Crippen molar-refractivity contribution in [2.75, 3.05) is 13.7 Å². The van der Waals surface area contributed by atoms with Gasteiger partial charge in [0.2, 0.25) is 0 Å². The fourth-order valence-electron chi connectivity index (χ4n) is 1.20. The summed E-state index contributed by atoms with van der Waals surface area (Å²) < 4.78 is 5.26. The third-order valence-corrected chi connectivity index (χ3v) is 2.02. The third-order valence-electron chi connectivity index (χ3n) is 2.02. The maximum absolute atomic E-state index is 11.0. The van der Waals surface area contributed by atoms with Crippen LogP contribution in [0.1, 0.15) is 11.1 Å². The Morgan fingerprint density at radius 3 is 2.80 bits per heavy atom. The maximum atomic E-state index is 11.0. The van der Waals surface area contributed by atoms with Gasteiger partial charge >= 0.3 is 0 Å². The predicted octanol–water partition coefficient (Wildman–Crippen LogP) is 0.762. The molecule has 0 bridgehead atoms. The first kappa shape index (κ1) is 11.7. The van der Waals surface area contributed by atoms with Crippen LogP contribution in [0.4, 0.5) is 0 Å². The molecule has 4 heteroatoms. The number of hydrogen-bond donors (Lipinski definition) is 2. The Morgan fingerprint density at radius 2 is 2.13 bits per heavy atom. The Morgan fingerprint density at radius 1 is 1.40 bits per heavy atom. The summed E-state index contributed by atoms with van der Waals surface area (Å²) in [6.07, 6.45) is 0. The number of rotatable bonds is 5. The van der Waals surface area contributed by atoms with E-state index < -0.39 is 0 Å². The molecule has 1 aromatic rings. The third kappa shape index (κ3) is 4.10. The highest BCUT2D eigenvalue weighted by Crippen LogP contribution is 2.07. The van der Waals surface area contributed by atoms with Crippen LogP contribution in [0, 0.1) is 6.92 Å². The first-order chi connectivity index (χ1) is 7.24. The fourth-order valence-corrected chi connectivity index (χ4v) is 1.20. The highest BCUT2D eigenvalue weighted by Gasteiger charge is 2.01. The molecule has 0 unspecified atom stereocenters. The molecule has 15 heavy (non-hydrogen) atoms. The van der Waals surface area contributed by atoms with Gasteiger partial charge in [0.15, 0.2) is 0 Å². The lowest BCUT2D eigenvalue weighted by Gasteiger charge is -2.06. The second-order valence-corrected chi connectivity index (χ2v) is 3.22. The van der Waals surface area contributed by atoms with Gasteiger partial charge in [-0.2, -0.15) is 0 Å². The topological polar surface area (TPSA) is 50.4 Å². The average molecular weight is 208 g/mol. The van der Waals surface area contributed by atoms with Crippen molar-refractivity contribution in [3.63, 3.8) is 0 Å². The van der Waals surface area contributed by atoms with E-state index in [-0.39, 0.29) is 12.5 Å². The molecule has 0 saturated heterocycles. The Bertz CT molecular complexity index is 326. The molecule has 0 spiro atoms. The lowest BCUT2D eigenvalue weighted by atomic mass is 10.1. The molecule has 0 radical (unpaired) electrons. The number of amides is 1. The quantitative estimate of drug-likeness (QED) is 0.702. The summed E-state index contributed by atoms with van der Waals surface area (Å²) >= 11 is 0. The van der Waals surface area contributed by atoms with E-state index >= 15 is 0 Å². The molecule has 2 N–H and O–H groups in total. The van der Waals surface area contributed by atoms with Crippen LogP contribution in [0.2, 0.25) is 0 Å². The van der Waals surface area contributed by atoms with Crippen LogP contribution in [0.25, 0.3) is 0 Å². The first-order valence-electron chi connectivity index (χ1n) is 4.82. The summed E-state index contributed by atoms with van der Waals surface area (Å²) in [7, 11) is 1.64. The SMILES string of the molecule is CNNC(=O)COCc1ccccc1C. The van der Waals surface area contributed by atoms with Crippen LogP contribution in [-0.2, 0) is 16.1 Å². The van der Waals surface area contributed by atoms with E-state index in [0.29, 0.717) is 6.61 Å². The van der Waals surface area contributed by atoms with E-state index in [4.69, 9.17) is 4.74 Å². The largest absolute Gasteiger partial charge is 0.367 e. The Balaban J connectivity index is 2.32. The minimum absolute atomic E-state index is 0.0647. The van der Waals surface area contributed by atoms with Gasteiger partial charge < -0.3 is 4.74 Å². The summed E-state index contributed by atoms with van der Waals surface area (Å²) in [5.41, 5.74) is 7.26. The molecule has 82 valence electrons. The van der Waals surface area contributed by atoms with Gasteiger partial charge in [0.25, 0.3) is 5.91 Å². The summed E-state index contributed by atoms with van der Waals surface area (Å²) in [4.78, 5) is 11.0. The Hall–Kier alpha value is -1.39. The van der Waals surface area contributed by atoms with Gasteiger partial charge in [0.1, 0.15) is 6.61 Å². The number of benzene rings is 1. The molecule has 4 nitrogen and oxygen atoms in total. The summed E-state index contributed by atoms with van der Waals surface area (Å²) in [6.45, 7) is 2.55. The van der Waals surface area contributed by atoms with Gasteiger partial charge in [-0.25, -0.2) is 5.43 Å². The van der Waals surface area contributed by atoms with Crippen molar-refractivity contribution in [2.24, 2.45) is 0 Å². The highest BCUT2D eigenvalue weighted by molar-refractivity contribution is 5.76. The van der Waals surface area contributed by atoms with Crippen LogP contribution in [0.5, 0.6) is 0 Å². The van der Waals surface area contributed by atoms with Crippen LogP contribution >= 0.6 is 0 Å². The van der Waals surface area contributed by atoms with Gasteiger partial charge in [-0.3, -0.25) is 10.2 Å². The molecular formula is C11H16N2O2. The molecule has 1 aromatic carbocycles. The molecular weight excluding hydrogens is 192 g/mol. The molecule has 0 aliphatic carbocycles. The van der Waals surface area contributed by atoms with E-state index in [1.165, 1.54) is 5.56 Å². The van der Waals surface area contributed by atoms with Crippen LogP contribution in [0.15, 0.2) is 24.3 Å². The Kier molecular flexibility index (Phi) is 4.80. The predicted molar refractivity (Wildman–Crippen MR) is 58.0 cm³/mol. The smallest absolute Gasteiger partial charge is 0.260 e. The second-order valence-electron chi connectivity index (χ2n) is 3.22.